The number of carbonyl (C=O) groups is 2. The fourth-order valence-corrected chi connectivity index (χ4v) is 6.69. The predicted octanol–water partition coefficient (Wildman–Crippen LogP) is 4.42. The average Bonchev–Trinajstić information content (AvgIpc) is 3.27. The van der Waals surface area contributed by atoms with Crippen LogP contribution in [0, 0.1) is 11.6 Å². The van der Waals surface area contributed by atoms with Gasteiger partial charge >= 0.3 is 0 Å². The SMILES string of the molecule is O=C1CCC(N2Cc3ccc(CN4CCN(C(c5ccc(F)cc5)c5ccc(F)cc5)CC4)cc3C2S)C(=O)N1. The van der Waals surface area contributed by atoms with Crippen molar-refractivity contribution in [3.63, 3.8) is 0 Å². The Kier molecular flexibility index (Phi) is 7.72. The monoisotopic (exact) mass is 562 g/mol. The first-order valence-corrected chi connectivity index (χ1v) is 14.2. The van der Waals surface area contributed by atoms with Gasteiger partial charge in [-0.2, -0.15) is 12.6 Å². The molecule has 0 aromatic heterocycles. The molecule has 2 fully saturated rings. The second kappa shape index (κ2) is 11.4. The van der Waals surface area contributed by atoms with Gasteiger partial charge in [-0.1, -0.05) is 42.5 Å². The Balaban J connectivity index is 1.12. The fourth-order valence-electron chi connectivity index (χ4n) is 6.21. The van der Waals surface area contributed by atoms with Crippen molar-refractivity contribution in [3.05, 3.63) is 106 Å². The fraction of sp³-hybridized carbons (Fsp3) is 0.355. The average molecular weight is 563 g/mol. The molecule has 3 aliphatic heterocycles. The number of hydrogen-bond donors (Lipinski definition) is 2. The number of thiol groups is 1. The first kappa shape index (κ1) is 27.1. The highest BCUT2D eigenvalue weighted by atomic mass is 32.1. The molecule has 40 heavy (non-hydrogen) atoms. The molecule has 3 heterocycles. The van der Waals surface area contributed by atoms with Gasteiger partial charge in [0.1, 0.15) is 11.6 Å². The van der Waals surface area contributed by atoms with Crippen molar-refractivity contribution in [3.8, 4) is 0 Å². The van der Waals surface area contributed by atoms with Gasteiger partial charge < -0.3 is 0 Å². The van der Waals surface area contributed by atoms with Gasteiger partial charge in [0.2, 0.25) is 11.8 Å². The van der Waals surface area contributed by atoms with Crippen LogP contribution < -0.4 is 5.32 Å². The summed E-state index contributed by atoms with van der Waals surface area (Å²) in [5.41, 5.74) is 5.46. The highest BCUT2D eigenvalue weighted by molar-refractivity contribution is 7.80. The molecule has 3 aromatic rings. The topological polar surface area (TPSA) is 55.9 Å². The lowest BCUT2D eigenvalue weighted by molar-refractivity contribution is -0.137. The normalized spacial score (nSPS) is 22.5. The minimum atomic E-state index is -0.348. The van der Waals surface area contributed by atoms with E-state index < -0.39 is 0 Å². The minimum absolute atomic E-state index is 0.0773. The number of rotatable bonds is 6. The third-order valence-electron chi connectivity index (χ3n) is 8.32. The van der Waals surface area contributed by atoms with Gasteiger partial charge in [0.05, 0.1) is 17.5 Å². The second-order valence-electron chi connectivity index (χ2n) is 10.9. The lowest BCUT2D eigenvalue weighted by Crippen LogP contribution is -2.51. The molecule has 6 rings (SSSR count). The van der Waals surface area contributed by atoms with Gasteiger partial charge in [-0.15, -0.1) is 0 Å². The molecule has 9 heteroatoms. The summed E-state index contributed by atoms with van der Waals surface area (Å²) in [6.45, 7) is 4.82. The van der Waals surface area contributed by atoms with Crippen molar-refractivity contribution in [2.75, 3.05) is 26.2 Å². The molecule has 0 saturated carbocycles. The zero-order valence-electron chi connectivity index (χ0n) is 22.1. The molecule has 2 amide bonds. The third-order valence-corrected chi connectivity index (χ3v) is 8.89. The van der Waals surface area contributed by atoms with Crippen LogP contribution in [-0.2, 0) is 22.7 Å². The molecule has 0 spiro atoms. The second-order valence-corrected chi connectivity index (χ2v) is 11.4. The first-order chi connectivity index (χ1) is 19.4. The standard InChI is InChI=1S/C31H32F2N4O2S/c32-24-7-3-21(4-8-24)29(22-5-9-25(33)10-6-22)36-15-13-35(14-16-36)18-20-1-2-23-19-37(31(40)26(23)17-20)27-11-12-28(38)34-30(27)39/h1-10,17,27,29,31,40H,11-16,18-19H2,(H,34,38,39). The van der Waals surface area contributed by atoms with Crippen LogP contribution >= 0.6 is 12.6 Å². The Bertz CT molecular complexity index is 1350. The van der Waals surface area contributed by atoms with Crippen molar-refractivity contribution in [2.45, 2.75) is 43.4 Å². The molecular weight excluding hydrogens is 530 g/mol. The Morgan fingerprint density at radius 3 is 2.10 bits per heavy atom. The van der Waals surface area contributed by atoms with Gasteiger partial charge in [-0.3, -0.25) is 29.6 Å². The maximum atomic E-state index is 13.7. The van der Waals surface area contributed by atoms with Gasteiger partial charge in [-0.25, -0.2) is 8.78 Å². The van der Waals surface area contributed by atoms with Gasteiger partial charge in [0, 0.05) is 45.7 Å². The number of halogens is 2. The zero-order chi connectivity index (χ0) is 27.8. The maximum absolute atomic E-state index is 13.7. The quantitative estimate of drug-likeness (QED) is 0.344. The first-order valence-electron chi connectivity index (χ1n) is 13.7. The number of nitrogens with zero attached hydrogens (tertiary/aromatic N) is 3. The molecule has 3 aromatic carbocycles. The summed E-state index contributed by atoms with van der Waals surface area (Å²) in [7, 11) is 0. The number of hydrogen-bond acceptors (Lipinski definition) is 6. The Morgan fingerprint density at radius 1 is 0.875 bits per heavy atom. The highest BCUT2D eigenvalue weighted by Gasteiger charge is 2.39. The number of nitrogens with one attached hydrogen (secondary N) is 1. The van der Waals surface area contributed by atoms with Crippen molar-refractivity contribution in [1.82, 2.24) is 20.0 Å². The van der Waals surface area contributed by atoms with E-state index in [0.717, 1.165) is 49.4 Å². The van der Waals surface area contributed by atoms with E-state index in [0.29, 0.717) is 19.4 Å². The number of piperidine rings is 1. The maximum Gasteiger partial charge on any atom is 0.243 e. The van der Waals surface area contributed by atoms with Crippen molar-refractivity contribution >= 4 is 24.4 Å². The summed E-state index contributed by atoms with van der Waals surface area (Å²) in [5, 5.41) is 2.27. The highest BCUT2D eigenvalue weighted by Crippen LogP contribution is 2.40. The number of amides is 2. The molecule has 6 nitrogen and oxygen atoms in total. The van der Waals surface area contributed by atoms with Crippen LogP contribution in [0.4, 0.5) is 8.78 Å². The van der Waals surface area contributed by atoms with Crippen LogP contribution in [0.1, 0.15) is 52.1 Å². The van der Waals surface area contributed by atoms with E-state index in [2.05, 4.69) is 38.2 Å². The molecule has 2 saturated heterocycles. The summed E-state index contributed by atoms with van der Waals surface area (Å²) in [4.78, 5) is 30.9. The molecule has 2 unspecified atom stereocenters. The van der Waals surface area contributed by atoms with Gasteiger partial charge in [0.15, 0.2) is 0 Å². The summed E-state index contributed by atoms with van der Waals surface area (Å²) in [6, 6.07) is 19.2. The van der Waals surface area contributed by atoms with E-state index in [1.807, 2.05) is 24.3 Å². The largest absolute Gasteiger partial charge is 0.297 e. The van der Waals surface area contributed by atoms with E-state index in [9.17, 15) is 18.4 Å². The molecule has 3 aliphatic rings. The third kappa shape index (κ3) is 5.56. The molecule has 2 atom stereocenters. The van der Waals surface area contributed by atoms with E-state index in [1.165, 1.54) is 35.4 Å². The van der Waals surface area contributed by atoms with Crippen LogP contribution in [-0.4, -0.2) is 58.7 Å². The lowest BCUT2D eigenvalue weighted by Gasteiger charge is -2.40. The molecule has 0 radical (unpaired) electrons. The molecule has 1 N–H and O–H groups in total. The van der Waals surface area contributed by atoms with Gasteiger partial charge in [-0.05, 0) is 58.5 Å². The predicted molar refractivity (Wildman–Crippen MR) is 151 cm³/mol. The van der Waals surface area contributed by atoms with E-state index in [1.54, 1.807) is 0 Å². The summed E-state index contributed by atoms with van der Waals surface area (Å²) < 4.78 is 27.3. The summed E-state index contributed by atoms with van der Waals surface area (Å²) >= 11 is 4.86. The smallest absolute Gasteiger partial charge is 0.243 e. The Morgan fingerprint density at radius 2 is 1.50 bits per heavy atom. The van der Waals surface area contributed by atoms with E-state index in [4.69, 9.17) is 12.6 Å². The van der Waals surface area contributed by atoms with E-state index >= 15 is 0 Å². The minimum Gasteiger partial charge on any atom is -0.297 e. The Labute approximate surface area is 238 Å². The Hall–Kier alpha value is -3.11. The van der Waals surface area contributed by atoms with Crippen LogP contribution in [0.15, 0.2) is 66.7 Å². The summed E-state index contributed by atoms with van der Waals surface area (Å²) in [6.07, 6.45) is 0.869. The zero-order valence-corrected chi connectivity index (χ0v) is 23.0. The number of piperazine rings is 1. The molecule has 0 aliphatic carbocycles. The molecule has 0 bridgehead atoms. The van der Waals surface area contributed by atoms with Crippen molar-refractivity contribution < 1.29 is 18.4 Å². The van der Waals surface area contributed by atoms with Crippen LogP contribution in [0.5, 0.6) is 0 Å². The lowest BCUT2D eigenvalue weighted by atomic mass is 9.96. The number of imide groups is 1. The number of benzene rings is 3. The summed E-state index contributed by atoms with van der Waals surface area (Å²) in [5.74, 6) is -0.993. The number of carbonyl (C=O) groups excluding carboxylic acids is 2. The van der Waals surface area contributed by atoms with Gasteiger partial charge in [0.25, 0.3) is 0 Å². The molecular formula is C31H32F2N4O2S. The van der Waals surface area contributed by atoms with Crippen LogP contribution in [0.2, 0.25) is 0 Å². The van der Waals surface area contributed by atoms with Crippen molar-refractivity contribution in [1.29, 1.82) is 0 Å². The van der Waals surface area contributed by atoms with Crippen LogP contribution in [0.3, 0.4) is 0 Å². The van der Waals surface area contributed by atoms with E-state index in [-0.39, 0.29) is 40.9 Å². The molecule has 208 valence electrons. The number of fused-ring (bicyclic) bond motifs is 1. The van der Waals surface area contributed by atoms with Crippen LogP contribution in [0.25, 0.3) is 0 Å². The van der Waals surface area contributed by atoms with Crippen molar-refractivity contribution in [2.24, 2.45) is 0 Å².